The number of hydrogen-bond donors (Lipinski definition) is 1. The highest BCUT2D eigenvalue weighted by Crippen LogP contribution is 2.06. The SMILES string of the molecule is COCCOCCOc1ccc(CNC(C)(C)C)nn1. The van der Waals surface area contributed by atoms with E-state index < -0.39 is 0 Å². The quantitative estimate of drug-likeness (QED) is 0.691. The second-order valence-electron chi connectivity index (χ2n) is 5.42. The normalized spacial score (nSPS) is 11.6. The minimum Gasteiger partial charge on any atom is -0.474 e. The van der Waals surface area contributed by atoms with Crippen LogP contribution in [0.25, 0.3) is 0 Å². The fourth-order valence-electron chi connectivity index (χ4n) is 1.32. The molecule has 0 bridgehead atoms. The van der Waals surface area contributed by atoms with E-state index in [2.05, 4.69) is 36.3 Å². The Kier molecular flexibility index (Phi) is 7.43. The molecule has 20 heavy (non-hydrogen) atoms. The summed E-state index contributed by atoms with van der Waals surface area (Å²) in [5.74, 6) is 0.514. The third kappa shape index (κ3) is 8.04. The van der Waals surface area contributed by atoms with Crippen molar-refractivity contribution >= 4 is 0 Å². The maximum atomic E-state index is 5.43. The maximum Gasteiger partial charge on any atom is 0.233 e. The van der Waals surface area contributed by atoms with Crippen LogP contribution < -0.4 is 10.1 Å². The summed E-state index contributed by atoms with van der Waals surface area (Å²) in [6, 6.07) is 3.73. The van der Waals surface area contributed by atoms with Crippen molar-refractivity contribution in [2.24, 2.45) is 0 Å². The molecular formula is C14H25N3O3. The molecule has 0 saturated heterocycles. The third-order valence-corrected chi connectivity index (χ3v) is 2.40. The van der Waals surface area contributed by atoms with Crippen molar-refractivity contribution < 1.29 is 14.2 Å². The second kappa shape index (κ2) is 8.84. The molecule has 0 atom stereocenters. The molecule has 0 radical (unpaired) electrons. The lowest BCUT2D eigenvalue weighted by Gasteiger charge is -2.19. The number of aromatic nitrogens is 2. The van der Waals surface area contributed by atoms with Gasteiger partial charge in [0.05, 0.1) is 25.5 Å². The van der Waals surface area contributed by atoms with Crippen molar-refractivity contribution in [3.63, 3.8) is 0 Å². The summed E-state index contributed by atoms with van der Waals surface area (Å²) in [6.07, 6.45) is 0. The van der Waals surface area contributed by atoms with Gasteiger partial charge in [-0.25, -0.2) is 0 Å². The van der Waals surface area contributed by atoms with Gasteiger partial charge in [-0.1, -0.05) is 0 Å². The van der Waals surface area contributed by atoms with Gasteiger partial charge < -0.3 is 19.5 Å². The molecule has 0 amide bonds. The monoisotopic (exact) mass is 283 g/mol. The number of nitrogens with zero attached hydrogens (tertiary/aromatic N) is 2. The summed E-state index contributed by atoms with van der Waals surface area (Å²) in [7, 11) is 1.64. The first-order valence-electron chi connectivity index (χ1n) is 6.78. The molecule has 0 fully saturated rings. The average molecular weight is 283 g/mol. The molecule has 0 aliphatic heterocycles. The topological polar surface area (TPSA) is 65.5 Å². The minimum atomic E-state index is 0.0659. The van der Waals surface area contributed by atoms with Crippen molar-refractivity contribution in [2.75, 3.05) is 33.5 Å². The van der Waals surface area contributed by atoms with E-state index in [1.165, 1.54) is 0 Å². The Balaban J connectivity index is 2.21. The molecule has 0 unspecified atom stereocenters. The van der Waals surface area contributed by atoms with Crippen LogP contribution in [0.4, 0.5) is 0 Å². The summed E-state index contributed by atoms with van der Waals surface area (Å²) in [5.41, 5.74) is 0.958. The lowest BCUT2D eigenvalue weighted by molar-refractivity contribution is 0.0535. The van der Waals surface area contributed by atoms with Gasteiger partial charge in [-0.2, -0.15) is 5.10 Å². The number of ether oxygens (including phenoxy) is 3. The van der Waals surface area contributed by atoms with E-state index in [0.29, 0.717) is 38.9 Å². The molecule has 1 aromatic heterocycles. The van der Waals surface area contributed by atoms with Gasteiger partial charge in [0.25, 0.3) is 0 Å². The largest absolute Gasteiger partial charge is 0.474 e. The Morgan fingerprint density at radius 3 is 2.40 bits per heavy atom. The molecule has 1 heterocycles. The van der Waals surface area contributed by atoms with Crippen LogP contribution in [-0.2, 0) is 16.0 Å². The number of methoxy groups -OCH3 is 1. The zero-order valence-corrected chi connectivity index (χ0v) is 12.8. The van der Waals surface area contributed by atoms with Gasteiger partial charge in [-0.15, -0.1) is 5.10 Å². The van der Waals surface area contributed by atoms with Crippen molar-refractivity contribution in [1.82, 2.24) is 15.5 Å². The Bertz CT molecular complexity index is 363. The van der Waals surface area contributed by atoms with Gasteiger partial charge in [0.1, 0.15) is 6.61 Å². The summed E-state index contributed by atoms with van der Waals surface area (Å²) in [6.45, 7) is 9.16. The minimum absolute atomic E-state index is 0.0659. The Hall–Kier alpha value is -1.24. The molecule has 0 aromatic carbocycles. The van der Waals surface area contributed by atoms with Crippen LogP contribution >= 0.6 is 0 Å². The lowest BCUT2D eigenvalue weighted by Crippen LogP contribution is -2.35. The summed E-state index contributed by atoms with van der Waals surface area (Å²) in [4.78, 5) is 0. The highest BCUT2D eigenvalue weighted by Gasteiger charge is 2.09. The molecule has 0 saturated carbocycles. The molecule has 0 aliphatic carbocycles. The first-order chi connectivity index (χ1) is 9.51. The molecule has 1 aromatic rings. The Morgan fingerprint density at radius 1 is 1.05 bits per heavy atom. The van der Waals surface area contributed by atoms with Crippen molar-refractivity contribution in [3.8, 4) is 5.88 Å². The summed E-state index contributed by atoms with van der Waals surface area (Å²) >= 11 is 0. The van der Waals surface area contributed by atoms with E-state index in [0.717, 1.165) is 5.69 Å². The predicted octanol–water partition coefficient (Wildman–Crippen LogP) is 1.41. The standard InChI is InChI=1S/C14H25N3O3/c1-14(2,3)15-11-12-5-6-13(17-16-12)20-10-9-19-8-7-18-4/h5-6,15H,7-11H2,1-4H3. The maximum absolute atomic E-state index is 5.43. The van der Waals surface area contributed by atoms with E-state index >= 15 is 0 Å². The first kappa shape index (κ1) is 16.8. The van der Waals surface area contributed by atoms with Gasteiger partial charge in [0.15, 0.2) is 0 Å². The molecule has 0 spiro atoms. The summed E-state index contributed by atoms with van der Waals surface area (Å²) < 4.78 is 15.6. The zero-order chi connectivity index (χ0) is 14.8. The van der Waals surface area contributed by atoms with Crippen LogP contribution in [0.1, 0.15) is 26.5 Å². The first-order valence-corrected chi connectivity index (χ1v) is 6.78. The van der Waals surface area contributed by atoms with E-state index in [1.807, 2.05) is 12.1 Å². The summed E-state index contributed by atoms with van der Waals surface area (Å²) in [5, 5.41) is 11.5. The fourth-order valence-corrected chi connectivity index (χ4v) is 1.32. The smallest absolute Gasteiger partial charge is 0.233 e. The molecule has 6 nitrogen and oxygen atoms in total. The molecular weight excluding hydrogens is 258 g/mol. The van der Waals surface area contributed by atoms with Crippen LogP contribution in [0.5, 0.6) is 5.88 Å². The van der Waals surface area contributed by atoms with E-state index in [-0.39, 0.29) is 5.54 Å². The zero-order valence-electron chi connectivity index (χ0n) is 12.8. The van der Waals surface area contributed by atoms with Gasteiger partial charge >= 0.3 is 0 Å². The number of hydrogen-bond acceptors (Lipinski definition) is 6. The van der Waals surface area contributed by atoms with E-state index in [4.69, 9.17) is 14.2 Å². The highest BCUT2D eigenvalue weighted by atomic mass is 16.5. The Morgan fingerprint density at radius 2 is 1.80 bits per heavy atom. The number of nitrogens with one attached hydrogen (secondary N) is 1. The van der Waals surface area contributed by atoms with Crippen molar-refractivity contribution in [3.05, 3.63) is 17.8 Å². The highest BCUT2D eigenvalue weighted by molar-refractivity contribution is 5.11. The van der Waals surface area contributed by atoms with Crippen LogP contribution in [0, 0.1) is 0 Å². The van der Waals surface area contributed by atoms with Crippen LogP contribution in [0.15, 0.2) is 12.1 Å². The fraction of sp³-hybridized carbons (Fsp3) is 0.714. The van der Waals surface area contributed by atoms with Crippen molar-refractivity contribution in [1.29, 1.82) is 0 Å². The molecule has 1 N–H and O–H groups in total. The average Bonchev–Trinajstić information content (AvgIpc) is 2.41. The second-order valence-corrected chi connectivity index (χ2v) is 5.42. The molecule has 0 aliphatic rings. The predicted molar refractivity (Wildman–Crippen MR) is 76.8 cm³/mol. The van der Waals surface area contributed by atoms with E-state index in [1.54, 1.807) is 7.11 Å². The number of rotatable bonds is 9. The molecule has 114 valence electrons. The molecule has 1 rings (SSSR count). The van der Waals surface area contributed by atoms with Gasteiger partial charge in [0.2, 0.25) is 5.88 Å². The van der Waals surface area contributed by atoms with E-state index in [9.17, 15) is 0 Å². The van der Waals surface area contributed by atoms with Gasteiger partial charge in [-0.3, -0.25) is 0 Å². The lowest BCUT2D eigenvalue weighted by atomic mass is 10.1. The van der Waals surface area contributed by atoms with Crippen LogP contribution in [0.2, 0.25) is 0 Å². The van der Waals surface area contributed by atoms with Crippen molar-refractivity contribution in [2.45, 2.75) is 32.9 Å². The van der Waals surface area contributed by atoms with Gasteiger partial charge in [-0.05, 0) is 26.8 Å². The van der Waals surface area contributed by atoms with Gasteiger partial charge in [0, 0.05) is 25.3 Å². The molecule has 6 heteroatoms. The van der Waals surface area contributed by atoms with Crippen LogP contribution in [-0.4, -0.2) is 49.3 Å². The third-order valence-electron chi connectivity index (χ3n) is 2.40. The van der Waals surface area contributed by atoms with Crippen LogP contribution in [0.3, 0.4) is 0 Å². The Labute approximate surface area is 120 Å².